The number of hydrogen-bond acceptors (Lipinski definition) is 4. The number of benzene rings is 2. The van der Waals surface area contributed by atoms with Crippen molar-refractivity contribution in [3.8, 4) is 5.75 Å². The summed E-state index contributed by atoms with van der Waals surface area (Å²) in [6.45, 7) is 7.91. The number of methoxy groups -OCH3 is 1. The maximum Gasteiger partial charge on any atom is 0.242 e. The van der Waals surface area contributed by atoms with Crippen LogP contribution in [0.15, 0.2) is 53.4 Å². The highest BCUT2D eigenvalue weighted by Gasteiger charge is 2.28. The molecule has 0 bridgehead atoms. The fraction of sp³-hybridized carbons (Fsp3) is 0.417. The number of amides is 2. The maximum atomic E-state index is 13.1. The first-order chi connectivity index (χ1) is 14.6. The van der Waals surface area contributed by atoms with Gasteiger partial charge in [-0.15, -0.1) is 11.8 Å². The number of hydrogen-bond donors (Lipinski definition) is 1. The highest BCUT2D eigenvalue weighted by Crippen LogP contribution is 2.22. The molecular formula is C24H31ClN2O3S. The highest BCUT2D eigenvalue weighted by atomic mass is 35.5. The van der Waals surface area contributed by atoms with Gasteiger partial charge in [0.1, 0.15) is 11.8 Å². The molecule has 0 radical (unpaired) electrons. The predicted molar refractivity (Wildman–Crippen MR) is 128 cm³/mol. The molecule has 0 aliphatic heterocycles. The molecule has 1 N–H and O–H groups in total. The summed E-state index contributed by atoms with van der Waals surface area (Å²) in [5, 5.41) is 3.66. The summed E-state index contributed by atoms with van der Waals surface area (Å²) in [6, 6.07) is 14.5. The van der Waals surface area contributed by atoms with Crippen molar-refractivity contribution in [3.63, 3.8) is 0 Å². The van der Waals surface area contributed by atoms with Crippen LogP contribution in [0.25, 0.3) is 0 Å². The van der Waals surface area contributed by atoms with Crippen molar-refractivity contribution in [3.05, 3.63) is 59.1 Å². The fourth-order valence-electron chi connectivity index (χ4n) is 2.91. The first-order valence-corrected chi connectivity index (χ1v) is 11.6. The number of halogens is 1. The molecule has 0 aromatic heterocycles. The second-order valence-electron chi connectivity index (χ2n) is 8.34. The van der Waals surface area contributed by atoms with E-state index in [1.54, 1.807) is 30.7 Å². The van der Waals surface area contributed by atoms with E-state index in [9.17, 15) is 9.59 Å². The second kappa shape index (κ2) is 11.4. The molecule has 0 saturated carbocycles. The molecule has 2 amide bonds. The summed E-state index contributed by atoms with van der Waals surface area (Å²) in [5.74, 6) is 1.14. The molecule has 5 nitrogen and oxygen atoms in total. The number of carbonyl (C=O) groups is 2. The summed E-state index contributed by atoms with van der Waals surface area (Å²) in [7, 11) is 1.61. The van der Waals surface area contributed by atoms with Gasteiger partial charge in [0.05, 0.1) is 7.11 Å². The van der Waals surface area contributed by atoms with Gasteiger partial charge < -0.3 is 15.0 Å². The van der Waals surface area contributed by atoms with Gasteiger partial charge in [0.25, 0.3) is 0 Å². The summed E-state index contributed by atoms with van der Waals surface area (Å²) in [4.78, 5) is 28.6. The zero-order valence-electron chi connectivity index (χ0n) is 18.8. The van der Waals surface area contributed by atoms with E-state index in [0.29, 0.717) is 23.7 Å². The molecule has 0 heterocycles. The number of ether oxygens (including phenoxy) is 1. The van der Waals surface area contributed by atoms with E-state index < -0.39 is 6.04 Å². The minimum Gasteiger partial charge on any atom is -0.497 e. The Balaban J connectivity index is 2.09. The zero-order chi connectivity index (χ0) is 23.0. The molecule has 0 aliphatic rings. The van der Waals surface area contributed by atoms with Crippen LogP contribution >= 0.6 is 23.4 Å². The molecule has 1 atom stereocenters. The fourth-order valence-corrected chi connectivity index (χ4v) is 3.88. The van der Waals surface area contributed by atoms with Gasteiger partial charge in [-0.2, -0.15) is 0 Å². The van der Waals surface area contributed by atoms with Crippen molar-refractivity contribution < 1.29 is 14.3 Å². The lowest BCUT2D eigenvalue weighted by Gasteiger charge is -2.31. The summed E-state index contributed by atoms with van der Waals surface area (Å²) >= 11 is 7.52. The molecule has 1 unspecified atom stereocenters. The molecular weight excluding hydrogens is 432 g/mol. The Kier molecular flexibility index (Phi) is 9.26. The Bertz CT molecular complexity index is 864. The van der Waals surface area contributed by atoms with Crippen molar-refractivity contribution in [2.45, 2.75) is 57.1 Å². The van der Waals surface area contributed by atoms with Gasteiger partial charge in [0, 0.05) is 34.2 Å². The van der Waals surface area contributed by atoms with E-state index in [2.05, 4.69) is 5.32 Å². The SMILES string of the molecule is COc1ccc(CN(C(=O)CCSc2ccc(Cl)cc2)C(C)C(=O)NC(C)(C)C)cc1. The summed E-state index contributed by atoms with van der Waals surface area (Å²) in [5.41, 5.74) is 0.569. The third-order valence-corrected chi connectivity index (χ3v) is 5.84. The monoisotopic (exact) mass is 462 g/mol. The predicted octanol–water partition coefficient (Wildman–Crippen LogP) is 5.16. The van der Waals surface area contributed by atoms with Crippen LogP contribution in [0.4, 0.5) is 0 Å². The van der Waals surface area contributed by atoms with E-state index in [1.165, 1.54) is 0 Å². The topological polar surface area (TPSA) is 58.6 Å². The molecule has 0 spiro atoms. The standard InChI is InChI=1S/C24H31ClN2O3S/c1-17(23(29)26-24(2,3)4)27(16-18-6-10-20(30-5)11-7-18)22(28)14-15-31-21-12-8-19(25)9-13-21/h6-13,17H,14-16H2,1-5H3,(H,26,29). The minimum atomic E-state index is -0.589. The van der Waals surface area contributed by atoms with Gasteiger partial charge in [-0.3, -0.25) is 9.59 Å². The first-order valence-electron chi connectivity index (χ1n) is 10.2. The third-order valence-electron chi connectivity index (χ3n) is 4.58. The van der Waals surface area contributed by atoms with Crippen LogP contribution in [0.2, 0.25) is 5.02 Å². The van der Waals surface area contributed by atoms with E-state index in [0.717, 1.165) is 16.2 Å². The minimum absolute atomic E-state index is 0.0613. The maximum absolute atomic E-state index is 13.1. The number of nitrogens with zero attached hydrogens (tertiary/aromatic N) is 1. The molecule has 0 aliphatic carbocycles. The Morgan fingerprint density at radius 2 is 1.71 bits per heavy atom. The number of nitrogens with one attached hydrogen (secondary N) is 1. The average molecular weight is 463 g/mol. The quantitative estimate of drug-likeness (QED) is 0.523. The smallest absolute Gasteiger partial charge is 0.242 e. The first kappa shape index (κ1) is 25.1. The Morgan fingerprint density at radius 1 is 1.10 bits per heavy atom. The van der Waals surface area contributed by atoms with Crippen molar-refractivity contribution in [2.24, 2.45) is 0 Å². The van der Waals surface area contributed by atoms with Crippen LogP contribution in [0.5, 0.6) is 5.75 Å². The zero-order valence-corrected chi connectivity index (χ0v) is 20.3. The lowest BCUT2D eigenvalue weighted by molar-refractivity contribution is -0.140. The highest BCUT2D eigenvalue weighted by molar-refractivity contribution is 7.99. The van der Waals surface area contributed by atoms with E-state index in [-0.39, 0.29) is 17.4 Å². The van der Waals surface area contributed by atoms with Crippen LogP contribution < -0.4 is 10.1 Å². The summed E-state index contributed by atoms with van der Waals surface area (Å²) in [6.07, 6.45) is 0.330. The van der Waals surface area contributed by atoms with Crippen LogP contribution in [0, 0.1) is 0 Å². The van der Waals surface area contributed by atoms with Gasteiger partial charge in [0.2, 0.25) is 11.8 Å². The Morgan fingerprint density at radius 3 is 2.26 bits per heavy atom. The number of carbonyl (C=O) groups excluding carboxylic acids is 2. The number of rotatable bonds is 9. The van der Waals surface area contributed by atoms with Crippen molar-refractivity contribution in [1.82, 2.24) is 10.2 Å². The van der Waals surface area contributed by atoms with Gasteiger partial charge in [0.15, 0.2) is 0 Å². The molecule has 2 aromatic rings. The van der Waals surface area contributed by atoms with Crippen molar-refractivity contribution >= 4 is 35.2 Å². The van der Waals surface area contributed by atoms with Gasteiger partial charge in [-0.25, -0.2) is 0 Å². The molecule has 168 valence electrons. The molecule has 31 heavy (non-hydrogen) atoms. The van der Waals surface area contributed by atoms with Crippen molar-refractivity contribution in [2.75, 3.05) is 12.9 Å². The Labute approximate surface area is 194 Å². The van der Waals surface area contributed by atoms with Gasteiger partial charge in [-0.1, -0.05) is 23.7 Å². The normalized spacial score (nSPS) is 12.2. The molecule has 2 aromatic carbocycles. The van der Waals surface area contributed by atoms with E-state index in [1.807, 2.05) is 69.3 Å². The van der Waals surface area contributed by atoms with Crippen LogP contribution in [-0.2, 0) is 16.1 Å². The molecule has 0 saturated heterocycles. The molecule has 0 fully saturated rings. The summed E-state index contributed by atoms with van der Waals surface area (Å²) < 4.78 is 5.21. The van der Waals surface area contributed by atoms with E-state index >= 15 is 0 Å². The van der Waals surface area contributed by atoms with Crippen LogP contribution in [0.3, 0.4) is 0 Å². The van der Waals surface area contributed by atoms with Crippen LogP contribution in [0.1, 0.15) is 39.7 Å². The Hall–Kier alpha value is -2.18. The lowest BCUT2D eigenvalue weighted by Crippen LogP contribution is -2.52. The molecule has 2 rings (SSSR count). The molecule has 7 heteroatoms. The van der Waals surface area contributed by atoms with Gasteiger partial charge >= 0.3 is 0 Å². The number of thioether (sulfide) groups is 1. The average Bonchev–Trinajstić information content (AvgIpc) is 2.72. The van der Waals surface area contributed by atoms with Gasteiger partial charge in [-0.05, 0) is 69.7 Å². The van der Waals surface area contributed by atoms with E-state index in [4.69, 9.17) is 16.3 Å². The van der Waals surface area contributed by atoms with Crippen molar-refractivity contribution in [1.29, 1.82) is 0 Å². The lowest BCUT2D eigenvalue weighted by atomic mass is 10.1. The third kappa shape index (κ3) is 8.46. The van der Waals surface area contributed by atoms with Crippen LogP contribution in [-0.4, -0.2) is 41.2 Å². The second-order valence-corrected chi connectivity index (χ2v) is 9.94. The largest absolute Gasteiger partial charge is 0.497 e.